The van der Waals surface area contributed by atoms with Crippen molar-refractivity contribution < 1.29 is 0 Å². The Hall–Kier alpha value is -0.540. The minimum atomic E-state index is 0.376. The monoisotopic (exact) mass is 338 g/mol. The van der Waals surface area contributed by atoms with E-state index in [1.54, 1.807) is 0 Å². The van der Waals surface area contributed by atoms with Crippen molar-refractivity contribution in [3.8, 4) is 0 Å². The summed E-state index contributed by atoms with van der Waals surface area (Å²) in [5.74, 6) is 0. The summed E-state index contributed by atoms with van der Waals surface area (Å²) in [4.78, 5) is 2.59. The van der Waals surface area contributed by atoms with Gasteiger partial charge in [-0.2, -0.15) is 0 Å². The lowest BCUT2D eigenvalue weighted by atomic mass is 9.82. The lowest BCUT2D eigenvalue weighted by Gasteiger charge is -2.29. The number of benzene rings is 1. The molecule has 1 aliphatic heterocycles. The summed E-state index contributed by atoms with van der Waals surface area (Å²) in [6, 6.07) is 7.07. The number of hydrogen-bond acceptors (Lipinski definition) is 2. The average molecular weight is 339 g/mol. The smallest absolute Gasteiger partial charge is 0.0415 e. The first kappa shape index (κ1) is 15.8. The Labute approximate surface area is 132 Å². The van der Waals surface area contributed by atoms with Crippen molar-refractivity contribution >= 4 is 21.6 Å². The fourth-order valence-electron chi connectivity index (χ4n) is 3.28. The van der Waals surface area contributed by atoms with Crippen LogP contribution in [-0.2, 0) is 0 Å². The first-order chi connectivity index (χ1) is 9.55. The highest BCUT2D eigenvalue weighted by atomic mass is 79.9. The van der Waals surface area contributed by atoms with Crippen LogP contribution in [-0.4, -0.2) is 20.1 Å². The second-order valence-electron chi connectivity index (χ2n) is 6.09. The van der Waals surface area contributed by atoms with Crippen LogP contribution in [0.3, 0.4) is 0 Å². The van der Waals surface area contributed by atoms with E-state index >= 15 is 0 Å². The van der Waals surface area contributed by atoms with Crippen molar-refractivity contribution in [3.63, 3.8) is 0 Å². The van der Waals surface area contributed by atoms with Gasteiger partial charge >= 0.3 is 0 Å². The Kier molecular flexibility index (Phi) is 5.14. The Morgan fingerprint density at radius 3 is 2.60 bits per heavy atom. The van der Waals surface area contributed by atoms with Crippen LogP contribution in [0.15, 0.2) is 22.7 Å². The number of halogens is 1. The SMILES string of the molecule is CCC1(CC)CCN(c2ccc(Br)cc2C(C)NC)C1. The Morgan fingerprint density at radius 2 is 2.05 bits per heavy atom. The fourth-order valence-corrected chi connectivity index (χ4v) is 3.66. The molecule has 1 aromatic carbocycles. The highest BCUT2D eigenvalue weighted by Crippen LogP contribution is 2.41. The molecule has 1 saturated heterocycles. The maximum absolute atomic E-state index is 3.61. The molecule has 1 aliphatic rings. The molecule has 1 aromatic rings. The van der Waals surface area contributed by atoms with Crippen LogP contribution in [0.25, 0.3) is 0 Å². The third-order valence-corrected chi connectivity index (χ3v) is 5.66. The van der Waals surface area contributed by atoms with Gasteiger partial charge in [0, 0.05) is 29.3 Å². The molecule has 1 fully saturated rings. The van der Waals surface area contributed by atoms with Crippen molar-refractivity contribution in [2.75, 3.05) is 25.0 Å². The Morgan fingerprint density at radius 1 is 1.35 bits per heavy atom. The quantitative estimate of drug-likeness (QED) is 0.833. The molecule has 1 atom stereocenters. The summed E-state index contributed by atoms with van der Waals surface area (Å²) in [6.45, 7) is 9.30. The van der Waals surface area contributed by atoms with Gasteiger partial charge in [0.25, 0.3) is 0 Å². The van der Waals surface area contributed by atoms with E-state index in [-0.39, 0.29) is 0 Å². The minimum Gasteiger partial charge on any atom is -0.371 e. The molecule has 1 N–H and O–H groups in total. The van der Waals surface area contributed by atoms with E-state index in [2.05, 4.69) is 65.1 Å². The van der Waals surface area contributed by atoms with Crippen molar-refractivity contribution in [3.05, 3.63) is 28.2 Å². The molecule has 0 radical (unpaired) electrons. The molecule has 0 aromatic heterocycles. The third kappa shape index (κ3) is 3.04. The van der Waals surface area contributed by atoms with Gasteiger partial charge in [-0.15, -0.1) is 0 Å². The van der Waals surface area contributed by atoms with Gasteiger partial charge in [0.05, 0.1) is 0 Å². The maximum Gasteiger partial charge on any atom is 0.0415 e. The van der Waals surface area contributed by atoms with Crippen LogP contribution < -0.4 is 10.2 Å². The molecule has 0 bridgehead atoms. The Bertz CT molecular complexity index is 454. The molecule has 1 unspecified atom stereocenters. The van der Waals surface area contributed by atoms with Crippen LogP contribution in [0, 0.1) is 5.41 Å². The van der Waals surface area contributed by atoms with Crippen LogP contribution in [0.2, 0.25) is 0 Å². The van der Waals surface area contributed by atoms with E-state index in [1.807, 2.05) is 7.05 Å². The zero-order chi connectivity index (χ0) is 14.8. The van der Waals surface area contributed by atoms with E-state index in [0.717, 1.165) is 4.47 Å². The molecule has 0 spiro atoms. The highest BCUT2D eigenvalue weighted by molar-refractivity contribution is 9.10. The van der Waals surface area contributed by atoms with Gasteiger partial charge < -0.3 is 10.2 Å². The number of nitrogens with zero attached hydrogens (tertiary/aromatic N) is 1. The van der Waals surface area contributed by atoms with E-state index in [4.69, 9.17) is 0 Å². The van der Waals surface area contributed by atoms with E-state index in [0.29, 0.717) is 11.5 Å². The summed E-state index contributed by atoms with van der Waals surface area (Å²) in [5.41, 5.74) is 3.32. The summed E-state index contributed by atoms with van der Waals surface area (Å²) < 4.78 is 1.16. The maximum atomic E-state index is 3.61. The van der Waals surface area contributed by atoms with Crippen LogP contribution in [0.4, 0.5) is 5.69 Å². The normalized spacial score (nSPS) is 19.4. The largest absolute Gasteiger partial charge is 0.371 e. The number of anilines is 1. The standard InChI is InChI=1S/C17H27BrN2/c1-5-17(6-2)9-10-20(12-17)16-8-7-14(18)11-15(16)13(3)19-4/h7-8,11,13,19H,5-6,9-10,12H2,1-4H3. The first-order valence-corrected chi connectivity index (χ1v) is 8.56. The van der Waals surface area contributed by atoms with Gasteiger partial charge in [-0.1, -0.05) is 29.8 Å². The number of nitrogens with one attached hydrogen (secondary N) is 1. The van der Waals surface area contributed by atoms with Gasteiger partial charge in [-0.25, -0.2) is 0 Å². The lowest BCUT2D eigenvalue weighted by Crippen LogP contribution is -2.27. The number of hydrogen-bond donors (Lipinski definition) is 1. The second kappa shape index (κ2) is 6.48. The van der Waals surface area contributed by atoms with Crippen molar-refractivity contribution in [2.45, 2.75) is 46.1 Å². The van der Waals surface area contributed by atoms with Crippen molar-refractivity contribution in [1.29, 1.82) is 0 Å². The summed E-state index contributed by atoms with van der Waals surface area (Å²) in [6.07, 6.45) is 3.89. The lowest BCUT2D eigenvalue weighted by molar-refractivity contribution is 0.301. The molecule has 1 heterocycles. The van der Waals surface area contributed by atoms with Crippen molar-refractivity contribution in [2.24, 2.45) is 5.41 Å². The molecular weight excluding hydrogens is 312 g/mol. The fraction of sp³-hybridized carbons (Fsp3) is 0.647. The molecule has 3 heteroatoms. The van der Waals surface area contributed by atoms with Crippen molar-refractivity contribution in [1.82, 2.24) is 5.32 Å². The molecule has 20 heavy (non-hydrogen) atoms. The number of rotatable bonds is 5. The summed E-state index contributed by atoms with van der Waals surface area (Å²) >= 11 is 3.61. The predicted molar refractivity (Wildman–Crippen MR) is 91.5 cm³/mol. The highest BCUT2D eigenvalue weighted by Gasteiger charge is 2.35. The third-order valence-electron chi connectivity index (χ3n) is 5.17. The molecule has 2 rings (SSSR count). The van der Waals surface area contributed by atoms with Crippen LogP contribution in [0.5, 0.6) is 0 Å². The molecule has 112 valence electrons. The van der Waals surface area contributed by atoms with E-state index in [9.17, 15) is 0 Å². The van der Waals surface area contributed by atoms with Gasteiger partial charge in [0.1, 0.15) is 0 Å². The topological polar surface area (TPSA) is 15.3 Å². The van der Waals surface area contributed by atoms with Gasteiger partial charge in [-0.05, 0) is 62.4 Å². The van der Waals surface area contributed by atoms with Crippen LogP contribution in [0.1, 0.15) is 51.6 Å². The molecule has 0 aliphatic carbocycles. The van der Waals surface area contributed by atoms with E-state index < -0.39 is 0 Å². The second-order valence-corrected chi connectivity index (χ2v) is 7.01. The summed E-state index contributed by atoms with van der Waals surface area (Å²) in [5, 5.41) is 3.37. The van der Waals surface area contributed by atoms with Crippen LogP contribution >= 0.6 is 15.9 Å². The van der Waals surface area contributed by atoms with Gasteiger partial charge in [0.15, 0.2) is 0 Å². The first-order valence-electron chi connectivity index (χ1n) is 7.77. The molecule has 2 nitrogen and oxygen atoms in total. The Balaban J connectivity index is 2.30. The van der Waals surface area contributed by atoms with Gasteiger partial charge in [0.2, 0.25) is 0 Å². The van der Waals surface area contributed by atoms with Gasteiger partial charge in [-0.3, -0.25) is 0 Å². The zero-order valence-electron chi connectivity index (χ0n) is 13.2. The van der Waals surface area contributed by atoms with E-state index in [1.165, 1.54) is 43.6 Å². The average Bonchev–Trinajstić information content (AvgIpc) is 2.91. The molecular formula is C17H27BrN2. The summed E-state index contributed by atoms with van der Waals surface area (Å²) in [7, 11) is 2.03. The minimum absolute atomic E-state index is 0.376. The zero-order valence-corrected chi connectivity index (χ0v) is 14.8. The predicted octanol–water partition coefficient (Wildman–Crippen LogP) is 4.75. The molecule has 0 amide bonds. The molecule has 0 saturated carbocycles.